The van der Waals surface area contributed by atoms with Crippen LogP contribution < -0.4 is 0 Å². The summed E-state index contributed by atoms with van der Waals surface area (Å²) in [5.41, 5.74) is 4.11. The van der Waals surface area contributed by atoms with Crippen LogP contribution >= 0.6 is 0 Å². The summed E-state index contributed by atoms with van der Waals surface area (Å²) in [5.74, 6) is 0. The van der Waals surface area contributed by atoms with Crippen molar-refractivity contribution >= 4 is 0 Å². The van der Waals surface area contributed by atoms with Crippen LogP contribution in [0.15, 0.2) is 55.1 Å². The lowest BCUT2D eigenvalue weighted by Crippen LogP contribution is -1.83. The molecule has 0 aromatic heterocycles. The van der Waals surface area contributed by atoms with Crippen molar-refractivity contribution in [2.24, 2.45) is 0 Å². The fraction of sp³-hybridized carbons (Fsp3) is 0.143. The molecule has 0 aromatic rings. The minimum absolute atomic E-state index is 1.05. The average Bonchev–Trinajstić information content (AvgIpc) is 2.58. The smallest absolute Gasteiger partial charge is 0.0152 e. The van der Waals surface area contributed by atoms with Crippen LogP contribution in [-0.2, 0) is 6.42 Å². The first-order chi connectivity index (χ1) is 6.92. The molecule has 2 aliphatic rings. The van der Waals surface area contributed by atoms with Gasteiger partial charge in [0.25, 0.3) is 0 Å². The second-order valence-corrected chi connectivity index (χ2v) is 3.47. The maximum atomic E-state index is 3.76. The quantitative estimate of drug-likeness (QED) is 0.631. The van der Waals surface area contributed by atoms with Crippen LogP contribution in [0.5, 0.6) is 0 Å². The van der Waals surface area contributed by atoms with Crippen molar-refractivity contribution in [2.75, 3.05) is 0 Å². The Morgan fingerprint density at radius 2 is 1.79 bits per heavy atom. The van der Waals surface area contributed by atoms with Gasteiger partial charge in [0, 0.05) is 0 Å². The van der Waals surface area contributed by atoms with Crippen molar-refractivity contribution < 1.29 is 0 Å². The monoisotopic (exact) mass is 182 g/mol. The summed E-state index contributed by atoms with van der Waals surface area (Å²) in [6, 6.07) is 15.0. The predicted octanol–water partition coefficient (Wildman–Crippen LogP) is 3.91. The van der Waals surface area contributed by atoms with Gasteiger partial charge in [-0.25, -0.2) is 0 Å². The molecule has 2 aliphatic carbocycles. The maximum Gasteiger partial charge on any atom is -0.0152 e. The van der Waals surface area contributed by atoms with E-state index in [1.54, 1.807) is 0 Å². The van der Waals surface area contributed by atoms with Crippen LogP contribution in [-0.4, -0.2) is 0 Å². The van der Waals surface area contributed by atoms with Gasteiger partial charge in [-0.2, -0.15) is 0 Å². The molecule has 0 aliphatic heterocycles. The lowest BCUT2D eigenvalue weighted by molar-refractivity contribution is 1.01. The van der Waals surface area contributed by atoms with E-state index in [-0.39, 0.29) is 0 Å². The van der Waals surface area contributed by atoms with Gasteiger partial charge >= 0.3 is 0 Å². The number of aryl methyl sites for hydroxylation is 1. The van der Waals surface area contributed by atoms with Crippen LogP contribution in [0.4, 0.5) is 0 Å². The number of allylic oxidation sites excluding steroid dienone is 1. The molecule has 0 unspecified atom stereocenters. The maximum absolute atomic E-state index is 3.76. The third kappa shape index (κ3) is 1.69. The second kappa shape index (κ2) is 4.10. The van der Waals surface area contributed by atoms with Crippen molar-refractivity contribution in [3.63, 3.8) is 0 Å². The highest BCUT2D eigenvalue weighted by molar-refractivity contribution is 5.69. The van der Waals surface area contributed by atoms with E-state index in [4.69, 9.17) is 0 Å². The number of hydrogen-bond acceptors (Lipinski definition) is 0. The van der Waals surface area contributed by atoms with E-state index in [0.29, 0.717) is 0 Å². The summed E-state index contributed by atoms with van der Waals surface area (Å²) >= 11 is 0. The molecule has 0 heterocycles. The first-order valence-corrected chi connectivity index (χ1v) is 4.99. The van der Waals surface area contributed by atoms with Crippen molar-refractivity contribution in [2.45, 2.75) is 12.8 Å². The van der Waals surface area contributed by atoms with E-state index in [0.717, 1.165) is 12.8 Å². The molecule has 2 rings (SSSR count). The Bertz CT molecular complexity index is 401. The summed E-state index contributed by atoms with van der Waals surface area (Å²) in [6.45, 7) is 3.76. The average molecular weight is 182 g/mol. The van der Waals surface area contributed by atoms with E-state index in [2.05, 4.69) is 49.0 Å². The Hall–Kier alpha value is -1.56. The summed E-state index contributed by atoms with van der Waals surface area (Å²) in [7, 11) is 0. The summed E-state index contributed by atoms with van der Waals surface area (Å²) in [5, 5.41) is 0. The molecule has 14 heavy (non-hydrogen) atoms. The Morgan fingerprint density at radius 3 is 2.64 bits per heavy atom. The first-order valence-electron chi connectivity index (χ1n) is 4.99. The second-order valence-electron chi connectivity index (χ2n) is 3.47. The van der Waals surface area contributed by atoms with Gasteiger partial charge in [-0.3, -0.25) is 0 Å². The third-order valence-electron chi connectivity index (χ3n) is 2.50. The highest BCUT2D eigenvalue weighted by atomic mass is 14.1. The topological polar surface area (TPSA) is 0 Å². The molecule has 0 fully saturated rings. The SMILES string of the molecule is C=CCCc1ccccc2cccc1-2. The number of fused-ring (bicyclic) bond motifs is 1. The molecule has 70 valence electrons. The predicted molar refractivity (Wildman–Crippen MR) is 61.6 cm³/mol. The molecule has 0 saturated heterocycles. The lowest BCUT2D eigenvalue weighted by Gasteiger charge is -2.01. The molecule has 0 amide bonds. The Morgan fingerprint density at radius 1 is 1.00 bits per heavy atom. The van der Waals surface area contributed by atoms with E-state index in [9.17, 15) is 0 Å². The van der Waals surface area contributed by atoms with Crippen molar-refractivity contribution in [1.82, 2.24) is 0 Å². The molecule has 0 nitrogen and oxygen atoms in total. The Balaban J connectivity index is 2.41. The Labute approximate surface area is 85.2 Å². The van der Waals surface area contributed by atoms with Gasteiger partial charge in [-0.05, 0) is 29.5 Å². The van der Waals surface area contributed by atoms with Gasteiger partial charge in [0.15, 0.2) is 0 Å². The van der Waals surface area contributed by atoms with Crippen molar-refractivity contribution in [3.8, 4) is 11.1 Å². The van der Waals surface area contributed by atoms with Gasteiger partial charge < -0.3 is 0 Å². The van der Waals surface area contributed by atoms with E-state index < -0.39 is 0 Å². The van der Waals surface area contributed by atoms with Crippen LogP contribution in [0.2, 0.25) is 0 Å². The van der Waals surface area contributed by atoms with Crippen LogP contribution in [0, 0.1) is 0 Å². The molecule has 0 aromatic carbocycles. The first kappa shape index (κ1) is 9.01. The van der Waals surface area contributed by atoms with E-state index >= 15 is 0 Å². The van der Waals surface area contributed by atoms with Gasteiger partial charge in [0.2, 0.25) is 0 Å². The fourth-order valence-electron chi connectivity index (χ4n) is 1.77. The van der Waals surface area contributed by atoms with Crippen LogP contribution in [0.1, 0.15) is 12.0 Å². The molecular weight excluding hydrogens is 168 g/mol. The normalized spacial score (nSPS) is 10.3. The summed E-state index contributed by atoms with van der Waals surface area (Å²) in [6.07, 6.45) is 4.10. The van der Waals surface area contributed by atoms with Gasteiger partial charge in [0.1, 0.15) is 0 Å². The van der Waals surface area contributed by atoms with Crippen LogP contribution in [0.3, 0.4) is 0 Å². The fourth-order valence-corrected chi connectivity index (χ4v) is 1.77. The lowest BCUT2D eigenvalue weighted by atomic mass is 10.0. The summed E-state index contributed by atoms with van der Waals surface area (Å²) in [4.78, 5) is 0. The van der Waals surface area contributed by atoms with Crippen molar-refractivity contribution in [3.05, 3.63) is 60.7 Å². The Kier molecular flexibility index (Phi) is 2.64. The molecular formula is C14H14. The molecule has 0 atom stereocenters. The third-order valence-corrected chi connectivity index (χ3v) is 2.50. The standard InChI is InChI=1S/C14H14/c1-2-3-7-12-8-4-5-9-13-10-6-11-14(12)13/h2,4-6,8-11H,1,3,7H2. The molecule has 0 N–H and O–H groups in total. The zero-order valence-corrected chi connectivity index (χ0v) is 8.24. The number of hydrogen-bond donors (Lipinski definition) is 0. The number of rotatable bonds is 3. The van der Waals surface area contributed by atoms with Gasteiger partial charge in [0.05, 0.1) is 0 Å². The zero-order chi connectivity index (χ0) is 9.80. The van der Waals surface area contributed by atoms with Crippen molar-refractivity contribution in [1.29, 1.82) is 0 Å². The summed E-state index contributed by atoms with van der Waals surface area (Å²) < 4.78 is 0. The zero-order valence-electron chi connectivity index (χ0n) is 8.24. The molecule has 0 saturated carbocycles. The van der Waals surface area contributed by atoms with Gasteiger partial charge in [-0.15, -0.1) is 6.58 Å². The molecule has 0 spiro atoms. The molecule has 0 bridgehead atoms. The van der Waals surface area contributed by atoms with E-state index in [1.807, 2.05) is 6.08 Å². The van der Waals surface area contributed by atoms with E-state index in [1.165, 1.54) is 16.7 Å². The van der Waals surface area contributed by atoms with Gasteiger partial charge in [-0.1, -0.05) is 48.5 Å². The molecule has 0 heteroatoms. The minimum atomic E-state index is 1.05. The highest BCUT2D eigenvalue weighted by Gasteiger charge is 2.04. The largest absolute Gasteiger partial charge is 0.103 e. The molecule has 0 radical (unpaired) electrons. The minimum Gasteiger partial charge on any atom is -0.103 e. The highest BCUT2D eigenvalue weighted by Crippen LogP contribution is 2.26. The van der Waals surface area contributed by atoms with Crippen LogP contribution in [0.25, 0.3) is 11.1 Å².